The number of aromatic nitrogens is 2. The minimum atomic E-state index is 0.268. The molecule has 4 nitrogen and oxygen atoms in total. The van der Waals surface area contributed by atoms with Gasteiger partial charge >= 0.3 is 0 Å². The van der Waals surface area contributed by atoms with E-state index in [2.05, 4.69) is 36.5 Å². The number of nitrogens with one attached hydrogen (secondary N) is 2. The molecule has 1 aliphatic rings. The molecule has 2 rings (SSSR count). The first-order valence-electron chi connectivity index (χ1n) is 4.91. The molecule has 0 aliphatic carbocycles. The van der Waals surface area contributed by atoms with Gasteiger partial charge in [0.1, 0.15) is 5.82 Å². The van der Waals surface area contributed by atoms with Gasteiger partial charge in [0.2, 0.25) is 5.28 Å². The summed E-state index contributed by atoms with van der Waals surface area (Å²) in [5.41, 5.74) is 0. The molecule has 1 aromatic rings. The first-order chi connectivity index (χ1) is 7.25. The molecule has 0 saturated carbocycles. The average molecular weight is 292 g/mol. The Kier molecular flexibility index (Phi) is 3.77. The number of anilines is 1. The SMILES string of the molecule is Clc1ncc(Br)c(NC2CCCNC2)n1. The van der Waals surface area contributed by atoms with E-state index in [9.17, 15) is 0 Å². The van der Waals surface area contributed by atoms with Crippen LogP contribution in [-0.4, -0.2) is 29.1 Å². The van der Waals surface area contributed by atoms with Crippen LogP contribution in [0.2, 0.25) is 5.28 Å². The van der Waals surface area contributed by atoms with Crippen molar-refractivity contribution in [3.05, 3.63) is 16.0 Å². The Balaban J connectivity index is 2.05. The van der Waals surface area contributed by atoms with E-state index >= 15 is 0 Å². The van der Waals surface area contributed by atoms with Gasteiger partial charge in [0, 0.05) is 18.8 Å². The molecule has 0 spiro atoms. The van der Waals surface area contributed by atoms with E-state index in [1.807, 2.05) is 0 Å². The molecule has 0 bridgehead atoms. The smallest absolute Gasteiger partial charge is 0.224 e. The molecule has 2 N–H and O–H groups in total. The lowest BCUT2D eigenvalue weighted by molar-refractivity contribution is 0.479. The molecule has 1 atom stereocenters. The van der Waals surface area contributed by atoms with Crippen molar-refractivity contribution in [1.82, 2.24) is 15.3 Å². The predicted molar refractivity (Wildman–Crippen MR) is 64.3 cm³/mol. The highest BCUT2D eigenvalue weighted by Crippen LogP contribution is 2.21. The Hall–Kier alpha value is -0.390. The standard InChI is InChI=1S/C9H12BrClN4/c10-7-5-13-9(11)15-8(7)14-6-2-1-3-12-4-6/h5-6,12H,1-4H2,(H,13,14,15). The predicted octanol–water partition coefficient (Wildman–Crippen LogP) is 2.06. The molecule has 0 aromatic carbocycles. The summed E-state index contributed by atoms with van der Waals surface area (Å²) < 4.78 is 0.845. The third kappa shape index (κ3) is 3.03. The van der Waals surface area contributed by atoms with Gasteiger partial charge in [0.05, 0.1) is 4.47 Å². The van der Waals surface area contributed by atoms with E-state index in [1.54, 1.807) is 6.20 Å². The van der Waals surface area contributed by atoms with E-state index in [1.165, 1.54) is 6.42 Å². The van der Waals surface area contributed by atoms with Crippen LogP contribution in [0.4, 0.5) is 5.82 Å². The molecule has 15 heavy (non-hydrogen) atoms. The quantitative estimate of drug-likeness (QED) is 0.819. The summed E-state index contributed by atoms with van der Waals surface area (Å²) in [5, 5.41) is 6.95. The largest absolute Gasteiger partial charge is 0.365 e. The molecule has 1 aromatic heterocycles. The minimum absolute atomic E-state index is 0.268. The fourth-order valence-electron chi connectivity index (χ4n) is 1.62. The van der Waals surface area contributed by atoms with Crippen molar-refractivity contribution in [2.24, 2.45) is 0 Å². The molecule has 1 fully saturated rings. The van der Waals surface area contributed by atoms with E-state index < -0.39 is 0 Å². The van der Waals surface area contributed by atoms with Gasteiger partial charge in [-0.1, -0.05) is 0 Å². The number of hydrogen-bond donors (Lipinski definition) is 2. The van der Waals surface area contributed by atoms with Crippen LogP contribution in [0.1, 0.15) is 12.8 Å². The summed E-state index contributed by atoms with van der Waals surface area (Å²) in [4.78, 5) is 8.02. The van der Waals surface area contributed by atoms with Gasteiger partial charge in [-0.2, -0.15) is 4.98 Å². The maximum atomic E-state index is 5.74. The van der Waals surface area contributed by atoms with Crippen molar-refractivity contribution in [1.29, 1.82) is 0 Å². The van der Waals surface area contributed by atoms with Gasteiger partial charge in [-0.25, -0.2) is 4.98 Å². The Morgan fingerprint density at radius 2 is 2.47 bits per heavy atom. The second kappa shape index (κ2) is 5.09. The zero-order valence-electron chi connectivity index (χ0n) is 8.13. The zero-order chi connectivity index (χ0) is 10.7. The third-order valence-corrected chi connectivity index (χ3v) is 3.11. The number of hydrogen-bond acceptors (Lipinski definition) is 4. The molecule has 2 heterocycles. The Labute approximate surface area is 102 Å². The van der Waals surface area contributed by atoms with Crippen molar-refractivity contribution in [2.75, 3.05) is 18.4 Å². The molecule has 1 aliphatic heterocycles. The molecule has 6 heteroatoms. The van der Waals surface area contributed by atoms with Gasteiger partial charge in [0.15, 0.2) is 0 Å². The van der Waals surface area contributed by atoms with Crippen LogP contribution in [0.25, 0.3) is 0 Å². The highest BCUT2D eigenvalue weighted by atomic mass is 79.9. The molecule has 0 radical (unpaired) electrons. The van der Waals surface area contributed by atoms with Crippen LogP contribution < -0.4 is 10.6 Å². The lowest BCUT2D eigenvalue weighted by Crippen LogP contribution is -2.38. The first-order valence-corrected chi connectivity index (χ1v) is 6.08. The van der Waals surface area contributed by atoms with Gasteiger partial charge in [0.25, 0.3) is 0 Å². The van der Waals surface area contributed by atoms with Crippen molar-refractivity contribution < 1.29 is 0 Å². The number of piperidine rings is 1. The van der Waals surface area contributed by atoms with Crippen LogP contribution in [0.3, 0.4) is 0 Å². The van der Waals surface area contributed by atoms with E-state index in [4.69, 9.17) is 11.6 Å². The summed E-state index contributed by atoms with van der Waals surface area (Å²) in [6.07, 6.45) is 4.00. The lowest BCUT2D eigenvalue weighted by atomic mass is 10.1. The summed E-state index contributed by atoms with van der Waals surface area (Å²) in [6, 6.07) is 0.418. The second-order valence-electron chi connectivity index (χ2n) is 3.52. The molecular formula is C9H12BrClN4. The van der Waals surface area contributed by atoms with Crippen molar-refractivity contribution in [3.63, 3.8) is 0 Å². The number of halogens is 2. The fourth-order valence-corrected chi connectivity index (χ4v) is 2.05. The molecular weight excluding hydrogens is 279 g/mol. The molecule has 1 saturated heterocycles. The zero-order valence-corrected chi connectivity index (χ0v) is 10.5. The van der Waals surface area contributed by atoms with E-state index in [0.29, 0.717) is 6.04 Å². The highest BCUT2D eigenvalue weighted by molar-refractivity contribution is 9.10. The molecule has 1 unspecified atom stereocenters. The normalized spacial score (nSPS) is 21.3. The summed E-state index contributed by atoms with van der Waals surface area (Å²) >= 11 is 9.13. The maximum absolute atomic E-state index is 5.74. The van der Waals surface area contributed by atoms with Crippen LogP contribution in [-0.2, 0) is 0 Å². The average Bonchev–Trinajstić information content (AvgIpc) is 2.25. The number of rotatable bonds is 2. The summed E-state index contributed by atoms with van der Waals surface area (Å²) in [6.45, 7) is 2.07. The monoisotopic (exact) mass is 290 g/mol. The van der Waals surface area contributed by atoms with Crippen LogP contribution >= 0.6 is 27.5 Å². The third-order valence-electron chi connectivity index (χ3n) is 2.35. The van der Waals surface area contributed by atoms with Crippen LogP contribution in [0.5, 0.6) is 0 Å². The van der Waals surface area contributed by atoms with Gasteiger partial charge in [-0.15, -0.1) is 0 Å². The molecule has 82 valence electrons. The molecule has 0 amide bonds. The van der Waals surface area contributed by atoms with E-state index in [0.717, 1.165) is 29.8 Å². The van der Waals surface area contributed by atoms with Crippen LogP contribution in [0, 0.1) is 0 Å². The van der Waals surface area contributed by atoms with E-state index in [-0.39, 0.29) is 5.28 Å². The highest BCUT2D eigenvalue weighted by Gasteiger charge is 2.14. The summed E-state index contributed by atoms with van der Waals surface area (Å²) in [5.74, 6) is 0.767. The Morgan fingerprint density at radius 3 is 3.20 bits per heavy atom. The van der Waals surface area contributed by atoms with Crippen molar-refractivity contribution in [2.45, 2.75) is 18.9 Å². The fraction of sp³-hybridized carbons (Fsp3) is 0.556. The first kappa shape index (κ1) is 11.1. The van der Waals surface area contributed by atoms with Crippen molar-refractivity contribution in [3.8, 4) is 0 Å². The summed E-state index contributed by atoms with van der Waals surface area (Å²) in [7, 11) is 0. The Morgan fingerprint density at radius 1 is 1.60 bits per heavy atom. The topological polar surface area (TPSA) is 49.8 Å². The van der Waals surface area contributed by atoms with Gasteiger partial charge in [-0.05, 0) is 46.9 Å². The Bertz CT molecular complexity index is 341. The van der Waals surface area contributed by atoms with Gasteiger partial charge < -0.3 is 10.6 Å². The van der Waals surface area contributed by atoms with Crippen molar-refractivity contribution >= 4 is 33.3 Å². The van der Waals surface area contributed by atoms with Crippen LogP contribution in [0.15, 0.2) is 10.7 Å². The second-order valence-corrected chi connectivity index (χ2v) is 4.72. The number of nitrogens with zero attached hydrogens (tertiary/aromatic N) is 2. The lowest BCUT2D eigenvalue weighted by Gasteiger charge is -2.24. The minimum Gasteiger partial charge on any atom is -0.365 e. The maximum Gasteiger partial charge on any atom is 0.224 e. The van der Waals surface area contributed by atoms with Gasteiger partial charge in [-0.3, -0.25) is 0 Å².